The third-order valence-electron chi connectivity index (χ3n) is 3.28. The van der Waals surface area contributed by atoms with Crippen LogP contribution in [-0.4, -0.2) is 36.5 Å². The second kappa shape index (κ2) is 7.16. The van der Waals surface area contributed by atoms with Crippen LogP contribution in [0.25, 0.3) is 0 Å². The number of rotatable bonds is 6. The summed E-state index contributed by atoms with van der Waals surface area (Å²) in [5, 5.41) is 0.690. The zero-order valence-corrected chi connectivity index (χ0v) is 13.0. The molecule has 4 nitrogen and oxygen atoms in total. The minimum atomic E-state index is -0.578. The molecular formula is C14H20Cl2N2O2. The van der Waals surface area contributed by atoms with Crippen LogP contribution >= 0.6 is 24.0 Å². The Balaban J connectivity index is 0.00000200. The number of hydrogen-bond acceptors (Lipinski definition) is 3. The molecule has 1 amide bonds. The average molecular weight is 319 g/mol. The Kier molecular flexibility index (Phi) is 6.11. The van der Waals surface area contributed by atoms with Gasteiger partial charge < -0.3 is 15.4 Å². The van der Waals surface area contributed by atoms with Gasteiger partial charge in [0.2, 0.25) is 5.91 Å². The molecule has 0 unspecified atom stereocenters. The number of nitrogens with zero attached hydrogens (tertiary/aromatic N) is 1. The molecule has 0 aliphatic heterocycles. The SMILES string of the molecule is CN(CCCOc1ccc(Cl)cc1)C(=O)C1(N)CC1.Cl. The number of ether oxygens (including phenoxy) is 1. The van der Waals surface area contributed by atoms with E-state index in [9.17, 15) is 4.79 Å². The molecule has 1 fully saturated rings. The number of benzene rings is 1. The maximum Gasteiger partial charge on any atom is 0.242 e. The molecule has 2 rings (SSSR count). The van der Waals surface area contributed by atoms with Crippen molar-refractivity contribution in [1.82, 2.24) is 4.90 Å². The van der Waals surface area contributed by atoms with Crippen LogP contribution in [-0.2, 0) is 4.79 Å². The Morgan fingerprint density at radius 1 is 1.40 bits per heavy atom. The van der Waals surface area contributed by atoms with E-state index in [2.05, 4.69) is 0 Å². The van der Waals surface area contributed by atoms with Crippen LogP contribution in [0.3, 0.4) is 0 Å². The summed E-state index contributed by atoms with van der Waals surface area (Å²) in [6.45, 7) is 1.22. The molecule has 0 atom stereocenters. The molecule has 0 heterocycles. The van der Waals surface area contributed by atoms with Crippen LogP contribution < -0.4 is 10.5 Å². The van der Waals surface area contributed by atoms with Gasteiger partial charge in [0.1, 0.15) is 5.75 Å². The summed E-state index contributed by atoms with van der Waals surface area (Å²) in [7, 11) is 1.79. The molecule has 2 N–H and O–H groups in total. The molecule has 1 aliphatic carbocycles. The van der Waals surface area contributed by atoms with Gasteiger partial charge in [-0.3, -0.25) is 4.79 Å². The van der Waals surface area contributed by atoms with Gasteiger partial charge in [-0.15, -0.1) is 12.4 Å². The minimum Gasteiger partial charge on any atom is -0.494 e. The van der Waals surface area contributed by atoms with E-state index in [0.717, 1.165) is 25.0 Å². The first-order valence-electron chi connectivity index (χ1n) is 6.44. The molecule has 112 valence electrons. The third kappa shape index (κ3) is 4.54. The smallest absolute Gasteiger partial charge is 0.242 e. The van der Waals surface area contributed by atoms with Gasteiger partial charge in [0, 0.05) is 18.6 Å². The molecule has 6 heteroatoms. The van der Waals surface area contributed by atoms with Gasteiger partial charge in [0.15, 0.2) is 0 Å². The number of nitrogens with two attached hydrogens (primary N) is 1. The molecule has 1 aromatic rings. The standard InChI is InChI=1S/C14H19ClN2O2.ClH/c1-17(13(18)14(16)7-8-14)9-2-10-19-12-5-3-11(15)4-6-12;/h3-6H,2,7-10,16H2,1H3;1H. The fourth-order valence-electron chi connectivity index (χ4n) is 1.85. The molecule has 0 saturated heterocycles. The third-order valence-corrected chi connectivity index (χ3v) is 3.53. The lowest BCUT2D eigenvalue weighted by molar-refractivity contribution is -0.132. The van der Waals surface area contributed by atoms with Crippen LogP contribution in [0.15, 0.2) is 24.3 Å². The number of likely N-dealkylation sites (N-methyl/N-ethyl adjacent to an activating group) is 1. The lowest BCUT2D eigenvalue weighted by Gasteiger charge is -2.20. The van der Waals surface area contributed by atoms with E-state index in [1.807, 2.05) is 12.1 Å². The van der Waals surface area contributed by atoms with Crippen LogP contribution in [0.5, 0.6) is 5.75 Å². The summed E-state index contributed by atoms with van der Waals surface area (Å²) in [5.74, 6) is 0.829. The zero-order valence-electron chi connectivity index (χ0n) is 11.5. The molecule has 20 heavy (non-hydrogen) atoms. The molecule has 1 saturated carbocycles. The monoisotopic (exact) mass is 318 g/mol. The number of carbonyl (C=O) groups excluding carboxylic acids is 1. The lowest BCUT2D eigenvalue weighted by Crippen LogP contribution is -2.44. The van der Waals surface area contributed by atoms with Crippen molar-refractivity contribution < 1.29 is 9.53 Å². The van der Waals surface area contributed by atoms with Gasteiger partial charge in [-0.1, -0.05) is 11.6 Å². The van der Waals surface area contributed by atoms with E-state index >= 15 is 0 Å². The molecule has 0 radical (unpaired) electrons. The van der Waals surface area contributed by atoms with Crippen molar-refractivity contribution in [3.63, 3.8) is 0 Å². The Morgan fingerprint density at radius 2 is 2.00 bits per heavy atom. The quantitative estimate of drug-likeness (QED) is 0.820. The number of amides is 1. The Morgan fingerprint density at radius 3 is 2.55 bits per heavy atom. The van der Waals surface area contributed by atoms with Gasteiger partial charge >= 0.3 is 0 Å². The van der Waals surface area contributed by atoms with Gasteiger partial charge in [0.25, 0.3) is 0 Å². The largest absolute Gasteiger partial charge is 0.494 e. The summed E-state index contributed by atoms with van der Waals surface area (Å²) in [4.78, 5) is 13.6. The number of hydrogen-bond donors (Lipinski definition) is 1. The van der Waals surface area contributed by atoms with E-state index in [1.165, 1.54) is 0 Å². The van der Waals surface area contributed by atoms with Gasteiger partial charge in [-0.2, -0.15) is 0 Å². The summed E-state index contributed by atoms with van der Waals surface area (Å²) in [5.41, 5.74) is 5.29. The van der Waals surface area contributed by atoms with Crippen molar-refractivity contribution >= 4 is 29.9 Å². The fraction of sp³-hybridized carbons (Fsp3) is 0.500. The second-order valence-electron chi connectivity index (χ2n) is 5.04. The Hall–Kier alpha value is -0.970. The predicted molar refractivity (Wildman–Crippen MR) is 82.6 cm³/mol. The number of halogens is 2. The van der Waals surface area contributed by atoms with Crippen LogP contribution in [0.2, 0.25) is 5.02 Å². The fourth-order valence-corrected chi connectivity index (χ4v) is 1.98. The topological polar surface area (TPSA) is 55.6 Å². The lowest BCUT2D eigenvalue weighted by atomic mass is 10.2. The van der Waals surface area contributed by atoms with Crippen molar-refractivity contribution in [1.29, 1.82) is 0 Å². The maximum atomic E-state index is 11.9. The highest BCUT2D eigenvalue weighted by molar-refractivity contribution is 6.30. The molecule has 0 bridgehead atoms. The van der Waals surface area contributed by atoms with Crippen LogP contribution in [0.4, 0.5) is 0 Å². The van der Waals surface area contributed by atoms with E-state index in [0.29, 0.717) is 18.2 Å². The van der Waals surface area contributed by atoms with Crippen molar-refractivity contribution in [3.05, 3.63) is 29.3 Å². The normalized spacial score (nSPS) is 15.2. The van der Waals surface area contributed by atoms with E-state index in [4.69, 9.17) is 22.1 Å². The maximum absolute atomic E-state index is 11.9. The molecule has 1 aromatic carbocycles. The van der Waals surface area contributed by atoms with Crippen molar-refractivity contribution in [2.75, 3.05) is 20.2 Å². The summed E-state index contributed by atoms with van der Waals surface area (Å²) in [6, 6.07) is 7.24. The Labute approximate surface area is 130 Å². The van der Waals surface area contributed by atoms with Crippen molar-refractivity contribution in [2.24, 2.45) is 5.73 Å². The van der Waals surface area contributed by atoms with Gasteiger partial charge in [0.05, 0.1) is 12.1 Å². The first-order chi connectivity index (χ1) is 9.01. The van der Waals surface area contributed by atoms with Gasteiger partial charge in [-0.05, 0) is 43.5 Å². The minimum absolute atomic E-state index is 0. The average Bonchev–Trinajstić information content (AvgIpc) is 3.15. The summed E-state index contributed by atoms with van der Waals surface area (Å²) >= 11 is 5.79. The molecule has 0 aromatic heterocycles. The highest BCUT2D eigenvalue weighted by Crippen LogP contribution is 2.33. The highest BCUT2D eigenvalue weighted by atomic mass is 35.5. The molecule has 1 aliphatic rings. The first kappa shape index (κ1) is 17.1. The van der Waals surface area contributed by atoms with Gasteiger partial charge in [-0.25, -0.2) is 0 Å². The van der Waals surface area contributed by atoms with E-state index < -0.39 is 5.54 Å². The second-order valence-corrected chi connectivity index (χ2v) is 5.48. The first-order valence-corrected chi connectivity index (χ1v) is 6.82. The highest BCUT2D eigenvalue weighted by Gasteiger charge is 2.47. The number of carbonyl (C=O) groups is 1. The van der Waals surface area contributed by atoms with Crippen molar-refractivity contribution in [2.45, 2.75) is 24.8 Å². The zero-order chi connectivity index (χ0) is 13.9. The van der Waals surface area contributed by atoms with Crippen molar-refractivity contribution in [3.8, 4) is 5.75 Å². The summed E-state index contributed by atoms with van der Waals surface area (Å²) < 4.78 is 5.56. The van der Waals surface area contributed by atoms with E-state index in [1.54, 1.807) is 24.1 Å². The van der Waals surface area contributed by atoms with Crippen LogP contribution in [0.1, 0.15) is 19.3 Å². The predicted octanol–water partition coefficient (Wildman–Crippen LogP) is 2.48. The van der Waals surface area contributed by atoms with E-state index in [-0.39, 0.29) is 18.3 Å². The Bertz CT molecular complexity index is 447. The molecular weight excluding hydrogens is 299 g/mol. The molecule has 0 spiro atoms. The van der Waals surface area contributed by atoms with Crippen LogP contribution in [0, 0.1) is 0 Å². The summed E-state index contributed by atoms with van der Waals surface area (Å²) in [6.07, 6.45) is 2.38.